The summed E-state index contributed by atoms with van der Waals surface area (Å²) < 4.78 is 0. The van der Waals surface area contributed by atoms with Gasteiger partial charge >= 0.3 is 0 Å². The lowest BCUT2D eigenvalue weighted by molar-refractivity contribution is 0.0754. The first-order valence-electron chi connectivity index (χ1n) is 6.23. The lowest BCUT2D eigenvalue weighted by Gasteiger charge is -2.20. The van der Waals surface area contributed by atoms with Crippen LogP contribution in [0.4, 0.5) is 0 Å². The monoisotopic (exact) mass is 275 g/mol. The van der Waals surface area contributed by atoms with E-state index in [9.17, 15) is 9.90 Å². The van der Waals surface area contributed by atoms with Gasteiger partial charge < -0.3 is 10.0 Å². The molecule has 1 aromatic heterocycles. The molecule has 2 rings (SSSR count). The Bertz CT molecular complexity index is 564. The smallest absolute Gasteiger partial charge is 0.254 e. The Hall–Kier alpha value is -1.81. The zero-order chi connectivity index (χ0) is 13.8. The number of hydrogen-bond donors (Lipinski definition) is 1. The van der Waals surface area contributed by atoms with Crippen molar-refractivity contribution in [2.75, 3.05) is 6.54 Å². The van der Waals surface area contributed by atoms with E-state index >= 15 is 0 Å². The fourth-order valence-electron chi connectivity index (χ4n) is 1.89. The summed E-state index contributed by atoms with van der Waals surface area (Å²) in [4.78, 5) is 15.4. The van der Waals surface area contributed by atoms with Gasteiger partial charge in [-0.05, 0) is 49.1 Å². The van der Waals surface area contributed by atoms with Gasteiger partial charge in [-0.25, -0.2) is 0 Å². The molecule has 0 aliphatic rings. The van der Waals surface area contributed by atoms with E-state index in [1.54, 1.807) is 41.4 Å². The van der Waals surface area contributed by atoms with Crippen LogP contribution in [0, 0.1) is 6.92 Å². The Morgan fingerprint density at radius 1 is 1.37 bits per heavy atom. The first kappa shape index (κ1) is 13.6. The number of phenols is 1. The molecule has 1 aromatic carbocycles. The molecule has 0 radical (unpaired) electrons. The number of hydrogen-bond acceptors (Lipinski definition) is 3. The Kier molecular flexibility index (Phi) is 4.22. The van der Waals surface area contributed by atoms with E-state index in [4.69, 9.17) is 0 Å². The molecule has 1 N–H and O–H groups in total. The van der Waals surface area contributed by atoms with E-state index < -0.39 is 0 Å². The number of carbonyl (C=O) groups is 1. The van der Waals surface area contributed by atoms with Crippen LogP contribution < -0.4 is 0 Å². The van der Waals surface area contributed by atoms with E-state index in [1.165, 1.54) is 4.88 Å². The summed E-state index contributed by atoms with van der Waals surface area (Å²) in [5, 5.41) is 11.5. The number of aryl methyl sites for hydroxylation is 1. The van der Waals surface area contributed by atoms with Crippen molar-refractivity contribution in [1.29, 1.82) is 0 Å². The molecule has 0 saturated carbocycles. The number of phenolic OH excluding ortho intramolecular Hbond substituents is 1. The summed E-state index contributed by atoms with van der Waals surface area (Å²) in [5.74, 6) is 0.219. The van der Waals surface area contributed by atoms with Crippen molar-refractivity contribution in [2.24, 2.45) is 0 Å². The van der Waals surface area contributed by atoms with Crippen LogP contribution >= 0.6 is 11.3 Å². The summed E-state index contributed by atoms with van der Waals surface area (Å²) >= 11 is 1.65. The number of benzene rings is 1. The molecule has 0 unspecified atom stereocenters. The van der Waals surface area contributed by atoms with Crippen LogP contribution in [0.5, 0.6) is 5.75 Å². The molecule has 0 atom stereocenters. The molecule has 0 bridgehead atoms. The van der Waals surface area contributed by atoms with Gasteiger partial charge in [0.2, 0.25) is 0 Å². The number of aromatic hydroxyl groups is 1. The fourth-order valence-corrected chi connectivity index (χ4v) is 2.61. The highest BCUT2D eigenvalue weighted by Crippen LogP contribution is 2.19. The molecular formula is C15H17NO2S. The third-order valence-electron chi connectivity index (χ3n) is 3.04. The molecule has 0 spiro atoms. The van der Waals surface area contributed by atoms with Crippen molar-refractivity contribution >= 4 is 17.2 Å². The second-order valence-electron chi connectivity index (χ2n) is 4.40. The first-order chi connectivity index (χ1) is 9.11. The third kappa shape index (κ3) is 3.15. The minimum Gasteiger partial charge on any atom is -0.508 e. The van der Waals surface area contributed by atoms with Crippen LogP contribution in [0.1, 0.15) is 27.7 Å². The minimum absolute atomic E-state index is 0.000926. The maximum absolute atomic E-state index is 12.4. The number of carbonyl (C=O) groups excluding carboxylic acids is 1. The third-order valence-corrected chi connectivity index (χ3v) is 3.90. The second kappa shape index (κ2) is 5.89. The van der Waals surface area contributed by atoms with Crippen LogP contribution in [0.15, 0.2) is 35.7 Å². The Labute approximate surface area is 117 Å². The van der Waals surface area contributed by atoms with E-state index in [1.807, 2.05) is 24.4 Å². The predicted molar refractivity (Wildman–Crippen MR) is 77.6 cm³/mol. The van der Waals surface area contributed by atoms with Crippen LogP contribution in [0.2, 0.25) is 0 Å². The molecule has 1 amide bonds. The Morgan fingerprint density at radius 3 is 2.74 bits per heavy atom. The summed E-state index contributed by atoms with van der Waals surface area (Å²) in [6.45, 7) is 5.06. The average Bonchev–Trinajstić information content (AvgIpc) is 2.91. The summed E-state index contributed by atoms with van der Waals surface area (Å²) in [5.41, 5.74) is 1.34. The van der Waals surface area contributed by atoms with Gasteiger partial charge in [0.15, 0.2) is 0 Å². The highest BCUT2D eigenvalue weighted by molar-refractivity contribution is 7.09. The van der Waals surface area contributed by atoms with Gasteiger partial charge in [-0.15, -0.1) is 11.3 Å². The van der Waals surface area contributed by atoms with E-state index in [2.05, 4.69) is 0 Å². The van der Waals surface area contributed by atoms with Gasteiger partial charge in [-0.1, -0.05) is 6.07 Å². The maximum atomic E-state index is 12.4. The van der Waals surface area contributed by atoms with Crippen molar-refractivity contribution < 1.29 is 9.90 Å². The highest BCUT2D eigenvalue weighted by Gasteiger charge is 2.15. The largest absolute Gasteiger partial charge is 0.508 e. The topological polar surface area (TPSA) is 40.5 Å². The summed E-state index contributed by atoms with van der Waals surface area (Å²) in [6, 6.07) is 8.99. The van der Waals surface area contributed by atoms with Crippen LogP contribution in [-0.2, 0) is 6.54 Å². The molecule has 19 heavy (non-hydrogen) atoms. The van der Waals surface area contributed by atoms with E-state index in [-0.39, 0.29) is 11.7 Å². The number of thiophene rings is 1. The molecule has 0 aliphatic heterocycles. The normalized spacial score (nSPS) is 10.4. The van der Waals surface area contributed by atoms with Crippen LogP contribution in [0.3, 0.4) is 0 Å². The average molecular weight is 275 g/mol. The fraction of sp³-hybridized carbons (Fsp3) is 0.267. The minimum atomic E-state index is -0.000926. The maximum Gasteiger partial charge on any atom is 0.254 e. The van der Waals surface area contributed by atoms with Crippen molar-refractivity contribution in [2.45, 2.75) is 20.4 Å². The molecule has 1 heterocycles. The molecule has 4 heteroatoms. The van der Waals surface area contributed by atoms with E-state index in [0.717, 1.165) is 5.56 Å². The number of nitrogens with zero attached hydrogens (tertiary/aromatic N) is 1. The lowest BCUT2D eigenvalue weighted by atomic mass is 10.1. The van der Waals surface area contributed by atoms with Crippen LogP contribution in [0.25, 0.3) is 0 Å². The molecule has 2 aromatic rings. The Balaban J connectivity index is 2.18. The zero-order valence-electron chi connectivity index (χ0n) is 11.1. The van der Waals surface area contributed by atoms with Gasteiger partial charge in [0.05, 0.1) is 6.54 Å². The van der Waals surface area contributed by atoms with Gasteiger partial charge in [0.1, 0.15) is 5.75 Å². The standard InChI is InChI=1S/C15H17NO2S/c1-3-16(10-13-5-4-8-19-13)15(18)12-6-7-14(17)11(2)9-12/h4-9,17H,3,10H2,1-2H3. The quantitative estimate of drug-likeness (QED) is 0.928. The van der Waals surface area contributed by atoms with E-state index in [0.29, 0.717) is 18.7 Å². The first-order valence-corrected chi connectivity index (χ1v) is 7.11. The SMILES string of the molecule is CCN(Cc1cccs1)C(=O)c1ccc(O)c(C)c1. The van der Waals surface area contributed by atoms with Gasteiger partial charge in [0, 0.05) is 17.0 Å². The number of rotatable bonds is 4. The molecule has 3 nitrogen and oxygen atoms in total. The van der Waals surface area contributed by atoms with Crippen molar-refractivity contribution in [1.82, 2.24) is 4.90 Å². The molecule has 100 valence electrons. The molecule has 0 saturated heterocycles. The molecule has 0 aliphatic carbocycles. The predicted octanol–water partition coefficient (Wildman–Crippen LogP) is 3.42. The van der Waals surface area contributed by atoms with Gasteiger partial charge in [0.25, 0.3) is 5.91 Å². The highest BCUT2D eigenvalue weighted by atomic mass is 32.1. The van der Waals surface area contributed by atoms with Crippen molar-refractivity contribution in [3.05, 3.63) is 51.7 Å². The second-order valence-corrected chi connectivity index (χ2v) is 5.43. The summed E-state index contributed by atoms with van der Waals surface area (Å²) in [7, 11) is 0. The molecular weight excluding hydrogens is 258 g/mol. The van der Waals surface area contributed by atoms with Crippen LogP contribution in [-0.4, -0.2) is 22.5 Å². The summed E-state index contributed by atoms with van der Waals surface area (Å²) in [6.07, 6.45) is 0. The Morgan fingerprint density at radius 2 is 2.16 bits per heavy atom. The van der Waals surface area contributed by atoms with Crippen molar-refractivity contribution in [3.8, 4) is 5.75 Å². The van der Waals surface area contributed by atoms with Gasteiger partial charge in [-0.3, -0.25) is 4.79 Å². The lowest BCUT2D eigenvalue weighted by Crippen LogP contribution is -2.30. The van der Waals surface area contributed by atoms with Gasteiger partial charge in [-0.2, -0.15) is 0 Å². The van der Waals surface area contributed by atoms with Crippen molar-refractivity contribution in [3.63, 3.8) is 0 Å². The molecule has 0 fully saturated rings. The number of amides is 1. The zero-order valence-corrected chi connectivity index (χ0v) is 11.9.